The van der Waals surface area contributed by atoms with E-state index in [2.05, 4.69) is 20.3 Å². The topological polar surface area (TPSA) is 169 Å². The number of ether oxygens (including phenoxy) is 1. The van der Waals surface area contributed by atoms with Gasteiger partial charge < -0.3 is 35.2 Å². The zero-order valence-electron chi connectivity index (χ0n) is 12.3. The molecule has 2 aromatic rings. The summed E-state index contributed by atoms with van der Waals surface area (Å²) in [4.78, 5) is 29.9. The van der Waals surface area contributed by atoms with Crippen LogP contribution in [-0.2, 0) is 15.8 Å². The zero-order valence-corrected chi connectivity index (χ0v) is 13.2. The van der Waals surface area contributed by atoms with Crippen molar-refractivity contribution < 1.29 is 24.2 Å². The van der Waals surface area contributed by atoms with Crippen LogP contribution in [-0.4, -0.2) is 60.5 Å². The van der Waals surface area contributed by atoms with Crippen LogP contribution in [0.4, 0.5) is 11.8 Å². The largest absolute Gasteiger partial charge is 0.396 e. The molecule has 0 amide bonds. The number of aliphatic hydroxyl groups excluding tert-OH is 1. The van der Waals surface area contributed by atoms with Gasteiger partial charge in [0.15, 0.2) is 17.0 Å². The normalized spacial score (nSPS) is 12.0. The summed E-state index contributed by atoms with van der Waals surface area (Å²) in [6.07, 6.45) is 1.45. The molecule has 2 aromatic heterocycles. The van der Waals surface area contributed by atoms with Crippen LogP contribution in [0, 0.1) is 0 Å². The summed E-state index contributed by atoms with van der Waals surface area (Å²) in [6, 6.07) is 0. The third kappa shape index (κ3) is 5.12. The minimum atomic E-state index is -4.17. The Bertz CT molecular complexity index is 702. The average Bonchev–Trinajstić information content (AvgIpc) is 2.86. The second-order valence-corrected chi connectivity index (χ2v) is 6.33. The van der Waals surface area contributed by atoms with E-state index in [4.69, 9.17) is 25.4 Å². The standard InChI is InChI=1S/C11H19N6O5P/c12-11-15-9(13-2-1-4-18)8-10(16-11)17(6-14-8)3-5-22-7-23(19,20)21/h6,18H,1-5,7H2,(H2,19,20,21)(H3,12,13,15,16). The summed E-state index contributed by atoms with van der Waals surface area (Å²) in [5.74, 6) is 0.540. The van der Waals surface area contributed by atoms with Gasteiger partial charge in [-0.05, 0) is 6.42 Å². The number of imidazole rings is 1. The lowest BCUT2D eigenvalue weighted by Gasteiger charge is -2.08. The second-order valence-electron chi connectivity index (χ2n) is 4.75. The monoisotopic (exact) mass is 346 g/mol. The van der Waals surface area contributed by atoms with Crippen molar-refractivity contribution in [3.8, 4) is 0 Å². The third-order valence-electron chi connectivity index (χ3n) is 2.84. The van der Waals surface area contributed by atoms with E-state index in [-0.39, 0.29) is 19.2 Å². The van der Waals surface area contributed by atoms with E-state index < -0.39 is 13.9 Å². The van der Waals surface area contributed by atoms with Crippen molar-refractivity contribution >= 4 is 30.5 Å². The van der Waals surface area contributed by atoms with Crippen molar-refractivity contribution in [1.82, 2.24) is 19.5 Å². The number of nitrogens with one attached hydrogen (secondary N) is 1. The highest BCUT2D eigenvalue weighted by Gasteiger charge is 2.14. The maximum Gasteiger partial charge on any atom is 0.350 e. The number of rotatable bonds is 9. The molecule has 2 heterocycles. The highest BCUT2D eigenvalue weighted by molar-refractivity contribution is 7.51. The Balaban J connectivity index is 2.08. The van der Waals surface area contributed by atoms with Gasteiger partial charge in [-0.25, -0.2) is 4.98 Å². The first-order valence-electron chi connectivity index (χ1n) is 6.86. The molecule has 0 radical (unpaired) electrons. The van der Waals surface area contributed by atoms with Crippen LogP contribution in [0.25, 0.3) is 11.2 Å². The molecule has 2 rings (SSSR count). The lowest BCUT2D eigenvalue weighted by molar-refractivity contribution is 0.149. The lowest BCUT2D eigenvalue weighted by Crippen LogP contribution is -2.10. The Hall–Kier alpha value is -1.78. The maximum atomic E-state index is 10.7. The van der Waals surface area contributed by atoms with Gasteiger partial charge in [0, 0.05) is 19.7 Å². The summed E-state index contributed by atoms with van der Waals surface area (Å²) in [7, 11) is -4.17. The molecule has 0 spiro atoms. The van der Waals surface area contributed by atoms with E-state index >= 15 is 0 Å². The number of hydrogen-bond acceptors (Lipinski definition) is 8. The Kier molecular flexibility index (Phi) is 5.85. The molecule has 0 aliphatic rings. The quantitative estimate of drug-likeness (QED) is 0.290. The van der Waals surface area contributed by atoms with Gasteiger partial charge in [-0.15, -0.1) is 0 Å². The Morgan fingerprint density at radius 3 is 2.87 bits per heavy atom. The summed E-state index contributed by atoms with van der Waals surface area (Å²) in [5, 5.41) is 11.8. The van der Waals surface area contributed by atoms with E-state index in [1.54, 1.807) is 4.57 Å². The van der Waals surface area contributed by atoms with Crippen molar-refractivity contribution in [3.63, 3.8) is 0 Å². The van der Waals surface area contributed by atoms with Crippen LogP contribution in [0.3, 0.4) is 0 Å². The molecule has 6 N–H and O–H groups in total. The molecule has 0 aromatic carbocycles. The predicted octanol–water partition coefficient (Wildman–Crippen LogP) is -0.645. The Morgan fingerprint density at radius 1 is 1.39 bits per heavy atom. The van der Waals surface area contributed by atoms with Crippen LogP contribution in [0.15, 0.2) is 6.33 Å². The highest BCUT2D eigenvalue weighted by Crippen LogP contribution is 2.33. The fourth-order valence-corrected chi connectivity index (χ4v) is 2.25. The van der Waals surface area contributed by atoms with Gasteiger partial charge in [-0.3, -0.25) is 4.57 Å². The molecule has 0 unspecified atom stereocenters. The predicted molar refractivity (Wildman–Crippen MR) is 82.8 cm³/mol. The molecule has 0 aliphatic heterocycles. The first kappa shape index (κ1) is 17.6. The average molecular weight is 346 g/mol. The van der Waals surface area contributed by atoms with Crippen molar-refractivity contribution in [2.75, 3.05) is 37.2 Å². The lowest BCUT2D eigenvalue weighted by atomic mass is 10.4. The maximum absolute atomic E-state index is 10.7. The zero-order chi connectivity index (χ0) is 16.9. The van der Waals surface area contributed by atoms with Crippen molar-refractivity contribution in [2.24, 2.45) is 0 Å². The number of hydrogen-bond donors (Lipinski definition) is 5. The van der Waals surface area contributed by atoms with Crippen molar-refractivity contribution in [3.05, 3.63) is 6.33 Å². The van der Waals surface area contributed by atoms with E-state index in [0.29, 0.717) is 36.5 Å². The fourth-order valence-electron chi connectivity index (χ4n) is 1.88. The molecule has 12 heteroatoms. The van der Waals surface area contributed by atoms with E-state index in [9.17, 15) is 4.57 Å². The molecule has 0 fully saturated rings. The van der Waals surface area contributed by atoms with Gasteiger partial charge in [0.2, 0.25) is 5.95 Å². The van der Waals surface area contributed by atoms with Crippen LogP contribution in [0.2, 0.25) is 0 Å². The molecular weight excluding hydrogens is 327 g/mol. The summed E-state index contributed by atoms with van der Waals surface area (Å²) >= 11 is 0. The van der Waals surface area contributed by atoms with Crippen molar-refractivity contribution in [2.45, 2.75) is 13.0 Å². The smallest absolute Gasteiger partial charge is 0.350 e. The SMILES string of the molecule is Nc1nc(NCCCO)c2ncn(CCOCP(=O)(O)O)c2n1. The number of nitrogens with two attached hydrogens (primary N) is 1. The number of fused-ring (bicyclic) bond motifs is 1. The summed E-state index contributed by atoms with van der Waals surface area (Å²) in [6.45, 7) is 0.971. The Labute approximate surface area is 131 Å². The number of nitrogens with zero attached hydrogens (tertiary/aromatic N) is 4. The minimum absolute atomic E-state index is 0.0576. The van der Waals surface area contributed by atoms with Gasteiger partial charge in [0.25, 0.3) is 0 Å². The van der Waals surface area contributed by atoms with Crippen LogP contribution in [0.1, 0.15) is 6.42 Å². The van der Waals surface area contributed by atoms with E-state index in [0.717, 1.165) is 0 Å². The molecule has 0 aliphatic carbocycles. The van der Waals surface area contributed by atoms with Crippen LogP contribution < -0.4 is 11.1 Å². The fraction of sp³-hybridized carbons (Fsp3) is 0.545. The summed E-state index contributed by atoms with van der Waals surface area (Å²) < 4.78 is 17.3. The number of anilines is 2. The number of aromatic nitrogens is 4. The van der Waals surface area contributed by atoms with Gasteiger partial charge >= 0.3 is 7.60 Å². The summed E-state index contributed by atoms with van der Waals surface area (Å²) in [5.41, 5.74) is 6.69. The molecule has 0 atom stereocenters. The van der Waals surface area contributed by atoms with Gasteiger partial charge in [0.05, 0.1) is 12.9 Å². The first-order chi connectivity index (χ1) is 10.9. The molecular formula is C11H19N6O5P. The van der Waals surface area contributed by atoms with Gasteiger partial charge in [-0.1, -0.05) is 0 Å². The minimum Gasteiger partial charge on any atom is -0.396 e. The second kappa shape index (κ2) is 7.66. The Morgan fingerprint density at radius 2 is 2.17 bits per heavy atom. The number of aliphatic hydroxyl groups is 1. The van der Waals surface area contributed by atoms with Gasteiger partial charge in [-0.2, -0.15) is 9.97 Å². The molecule has 128 valence electrons. The van der Waals surface area contributed by atoms with E-state index in [1.807, 2.05) is 0 Å². The number of nitrogen functional groups attached to an aromatic ring is 1. The highest BCUT2D eigenvalue weighted by atomic mass is 31.2. The molecule has 11 nitrogen and oxygen atoms in total. The molecule has 23 heavy (non-hydrogen) atoms. The molecule has 0 saturated heterocycles. The van der Waals surface area contributed by atoms with Crippen molar-refractivity contribution in [1.29, 1.82) is 0 Å². The third-order valence-corrected chi connectivity index (χ3v) is 3.36. The molecule has 0 saturated carbocycles. The van der Waals surface area contributed by atoms with Crippen LogP contribution in [0.5, 0.6) is 0 Å². The first-order valence-corrected chi connectivity index (χ1v) is 8.66. The van der Waals surface area contributed by atoms with E-state index in [1.165, 1.54) is 6.33 Å². The van der Waals surface area contributed by atoms with Gasteiger partial charge in [0.1, 0.15) is 6.35 Å². The van der Waals surface area contributed by atoms with Crippen LogP contribution >= 0.6 is 7.60 Å². The molecule has 0 bridgehead atoms.